The highest BCUT2D eigenvalue weighted by Gasteiger charge is 2.21. The average molecular weight is 374 g/mol. The number of pyridine rings is 2. The van der Waals surface area contributed by atoms with Gasteiger partial charge in [-0.15, -0.1) is 0 Å². The number of imidazole rings is 1. The smallest absolute Gasteiger partial charge is 0.229 e. The number of nitrogens with zero attached hydrogens (tertiary/aromatic N) is 6. The lowest BCUT2D eigenvalue weighted by Gasteiger charge is -2.27. The topological polar surface area (TPSA) is 89.9 Å². The Bertz CT molecular complexity index is 1180. The van der Waals surface area contributed by atoms with E-state index in [9.17, 15) is 4.79 Å². The molecule has 0 spiro atoms. The first-order chi connectivity index (χ1) is 13.7. The molecule has 1 aliphatic heterocycles. The van der Waals surface area contributed by atoms with Crippen LogP contribution in [-0.4, -0.2) is 41.9 Å². The first kappa shape index (κ1) is 16.6. The van der Waals surface area contributed by atoms with Gasteiger partial charge in [-0.05, 0) is 18.2 Å². The number of rotatable bonds is 3. The Kier molecular flexibility index (Phi) is 3.89. The monoisotopic (exact) mass is 374 g/mol. The van der Waals surface area contributed by atoms with Gasteiger partial charge in [-0.1, -0.05) is 0 Å². The van der Waals surface area contributed by atoms with E-state index in [0.29, 0.717) is 36.1 Å². The zero-order valence-corrected chi connectivity index (χ0v) is 15.4. The van der Waals surface area contributed by atoms with Crippen molar-refractivity contribution < 1.29 is 9.21 Å². The van der Waals surface area contributed by atoms with E-state index in [2.05, 4.69) is 24.5 Å². The third-order valence-electron chi connectivity index (χ3n) is 4.93. The van der Waals surface area contributed by atoms with Crippen LogP contribution in [0, 0.1) is 6.92 Å². The predicted octanol–water partition coefficient (Wildman–Crippen LogP) is 2.37. The van der Waals surface area contributed by atoms with Gasteiger partial charge in [0.2, 0.25) is 5.91 Å². The molecule has 0 atom stereocenters. The van der Waals surface area contributed by atoms with Gasteiger partial charge < -0.3 is 13.9 Å². The summed E-state index contributed by atoms with van der Waals surface area (Å²) in [6.45, 7) is 3.79. The fourth-order valence-electron chi connectivity index (χ4n) is 3.42. The maximum absolute atomic E-state index is 12.7. The van der Waals surface area contributed by atoms with Gasteiger partial charge in [0.05, 0.1) is 30.4 Å². The molecule has 28 heavy (non-hydrogen) atoms. The molecule has 5 rings (SSSR count). The van der Waals surface area contributed by atoms with Gasteiger partial charge in [0.1, 0.15) is 11.5 Å². The van der Waals surface area contributed by atoms with Crippen LogP contribution in [0.25, 0.3) is 22.4 Å². The lowest BCUT2D eigenvalue weighted by molar-refractivity contribution is -0.132. The van der Waals surface area contributed by atoms with Crippen molar-refractivity contribution in [1.82, 2.24) is 29.4 Å². The molecule has 1 amide bonds. The number of hydrogen-bond acceptors (Lipinski definition) is 6. The molecule has 0 aliphatic carbocycles. The van der Waals surface area contributed by atoms with Crippen molar-refractivity contribution in [3.05, 3.63) is 60.4 Å². The Hall–Kier alpha value is -3.55. The van der Waals surface area contributed by atoms with Crippen molar-refractivity contribution in [3.8, 4) is 11.5 Å². The Morgan fingerprint density at radius 1 is 1.18 bits per heavy atom. The van der Waals surface area contributed by atoms with Crippen molar-refractivity contribution in [2.24, 2.45) is 0 Å². The van der Waals surface area contributed by atoms with Crippen molar-refractivity contribution in [2.45, 2.75) is 26.4 Å². The van der Waals surface area contributed by atoms with E-state index in [1.165, 1.54) is 0 Å². The zero-order valence-electron chi connectivity index (χ0n) is 15.4. The molecule has 0 bridgehead atoms. The van der Waals surface area contributed by atoms with Gasteiger partial charge in [0.15, 0.2) is 11.7 Å². The van der Waals surface area contributed by atoms with Crippen molar-refractivity contribution in [1.29, 1.82) is 0 Å². The first-order valence-corrected chi connectivity index (χ1v) is 9.12. The summed E-state index contributed by atoms with van der Waals surface area (Å²) in [5.41, 5.74) is 2.18. The highest BCUT2D eigenvalue weighted by atomic mass is 16.4. The van der Waals surface area contributed by atoms with Crippen LogP contribution in [0.2, 0.25) is 0 Å². The number of fused-ring (bicyclic) bond motifs is 2. The second-order valence-electron chi connectivity index (χ2n) is 6.84. The summed E-state index contributed by atoms with van der Waals surface area (Å²) in [5.74, 6) is 2.18. The minimum absolute atomic E-state index is 0.0445. The van der Waals surface area contributed by atoms with Crippen LogP contribution >= 0.6 is 0 Å². The lowest BCUT2D eigenvalue weighted by Crippen LogP contribution is -2.39. The number of carbonyl (C=O) groups excluding carboxylic acids is 1. The van der Waals surface area contributed by atoms with Gasteiger partial charge in [-0.3, -0.25) is 9.78 Å². The van der Waals surface area contributed by atoms with E-state index >= 15 is 0 Å². The summed E-state index contributed by atoms with van der Waals surface area (Å²) in [4.78, 5) is 32.1. The summed E-state index contributed by atoms with van der Waals surface area (Å²) in [6.07, 6.45) is 7.37. The molecule has 0 saturated carbocycles. The average Bonchev–Trinajstić information content (AvgIpc) is 3.35. The van der Waals surface area contributed by atoms with Gasteiger partial charge >= 0.3 is 0 Å². The Morgan fingerprint density at radius 2 is 2.11 bits per heavy atom. The normalized spacial score (nSPS) is 13.7. The van der Waals surface area contributed by atoms with Crippen LogP contribution in [0.4, 0.5) is 0 Å². The molecule has 5 heterocycles. The molecule has 0 radical (unpaired) electrons. The second-order valence-corrected chi connectivity index (χ2v) is 6.84. The number of aromatic nitrogens is 5. The standard InChI is InChI=1S/C20H18N6O2/c1-13-22-11-18(28-13)16-3-2-14-10-23-15(8-17(14)24-16)9-20(27)26-7-6-25-5-4-21-19(25)12-26/h2-5,8,10-11H,6-7,9,12H2,1H3. The van der Waals surface area contributed by atoms with E-state index in [1.54, 1.807) is 25.5 Å². The van der Waals surface area contributed by atoms with Crippen molar-refractivity contribution in [3.63, 3.8) is 0 Å². The largest absolute Gasteiger partial charge is 0.439 e. The predicted molar refractivity (Wildman–Crippen MR) is 101 cm³/mol. The van der Waals surface area contributed by atoms with Crippen LogP contribution in [-0.2, 0) is 24.3 Å². The molecule has 0 N–H and O–H groups in total. The molecule has 4 aromatic heterocycles. The molecular formula is C20H18N6O2. The van der Waals surface area contributed by atoms with Crippen LogP contribution in [0.3, 0.4) is 0 Å². The van der Waals surface area contributed by atoms with E-state index < -0.39 is 0 Å². The summed E-state index contributed by atoms with van der Waals surface area (Å²) >= 11 is 0. The Balaban J connectivity index is 1.38. The van der Waals surface area contributed by atoms with Crippen molar-refractivity contribution >= 4 is 16.8 Å². The van der Waals surface area contributed by atoms with E-state index in [0.717, 1.165) is 23.3 Å². The zero-order chi connectivity index (χ0) is 19.1. The number of aryl methyl sites for hydroxylation is 1. The highest BCUT2D eigenvalue weighted by molar-refractivity contribution is 5.83. The molecule has 4 aromatic rings. The molecular weight excluding hydrogens is 356 g/mol. The summed E-state index contributed by atoms with van der Waals surface area (Å²) in [6, 6.07) is 5.69. The van der Waals surface area contributed by atoms with Gasteiger partial charge in [0, 0.05) is 44.0 Å². The molecule has 0 saturated heterocycles. The Labute approximate surface area is 160 Å². The third-order valence-corrected chi connectivity index (χ3v) is 4.93. The van der Waals surface area contributed by atoms with Crippen LogP contribution in [0.1, 0.15) is 17.4 Å². The number of amides is 1. The molecule has 0 fully saturated rings. The van der Waals surface area contributed by atoms with E-state index in [-0.39, 0.29) is 12.3 Å². The molecule has 0 unspecified atom stereocenters. The first-order valence-electron chi connectivity index (χ1n) is 9.12. The fraction of sp³-hybridized carbons (Fsp3) is 0.250. The van der Waals surface area contributed by atoms with Crippen molar-refractivity contribution in [2.75, 3.05) is 6.54 Å². The Morgan fingerprint density at radius 3 is 2.96 bits per heavy atom. The summed E-state index contributed by atoms with van der Waals surface area (Å²) in [7, 11) is 0. The van der Waals surface area contributed by atoms with Crippen LogP contribution in [0.15, 0.2) is 47.4 Å². The van der Waals surface area contributed by atoms with Gasteiger partial charge in [0.25, 0.3) is 0 Å². The minimum atomic E-state index is 0.0445. The van der Waals surface area contributed by atoms with E-state index in [1.807, 2.05) is 29.3 Å². The molecule has 140 valence electrons. The number of carbonyl (C=O) groups is 1. The highest BCUT2D eigenvalue weighted by Crippen LogP contribution is 2.22. The quantitative estimate of drug-likeness (QED) is 0.547. The van der Waals surface area contributed by atoms with Gasteiger partial charge in [-0.25, -0.2) is 15.0 Å². The van der Waals surface area contributed by atoms with Crippen LogP contribution in [0.5, 0.6) is 0 Å². The SMILES string of the molecule is Cc1ncc(-c2ccc3cnc(CC(=O)N4CCn5ccnc5C4)cc3n2)o1. The number of oxazole rings is 1. The fourth-order valence-corrected chi connectivity index (χ4v) is 3.42. The van der Waals surface area contributed by atoms with E-state index in [4.69, 9.17) is 4.42 Å². The maximum atomic E-state index is 12.7. The maximum Gasteiger partial charge on any atom is 0.229 e. The molecule has 1 aliphatic rings. The molecule has 8 heteroatoms. The molecule has 0 aromatic carbocycles. The van der Waals surface area contributed by atoms with Gasteiger partial charge in [-0.2, -0.15) is 0 Å². The summed E-state index contributed by atoms with van der Waals surface area (Å²) < 4.78 is 7.63. The number of hydrogen-bond donors (Lipinski definition) is 0. The molecule has 8 nitrogen and oxygen atoms in total. The second kappa shape index (κ2) is 6.56. The van der Waals surface area contributed by atoms with Crippen LogP contribution < -0.4 is 0 Å². The lowest BCUT2D eigenvalue weighted by atomic mass is 10.1. The third kappa shape index (κ3) is 3.02. The summed E-state index contributed by atoms with van der Waals surface area (Å²) in [5, 5.41) is 0.913. The minimum Gasteiger partial charge on any atom is -0.439 e.